The van der Waals surface area contributed by atoms with E-state index in [-0.39, 0.29) is 19.3 Å². The third-order valence-electron chi connectivity index (χ3n) is 18.4. The van der Waals surface area contributed by atoms with E-state index in [1.807, 2.05) is 0 Å². The van der Waals surface area contributed by atoms with Gasteiger partial charge in [0.1, 0.15) is 25.4 Å². The van der Waals surface area contributed by atoms with E-state index in [9.17, 15) is 43.5 Å². The maximum absolute atomic E-state index is 13.0. The van der Waals surface area contributed by atoms with Crippen LogP contribution < -0.4 is 0 Å². The summed E-state index contributed by atoms with van der Waals surface area (Å²) in [5.41, 5.74) is 0. The summed E-state index contributed by atoms with van der Waals surface area (Å²) in [4.78, 5) is 58.9. The molecule has 0 aliphatic heterocycles. The molecule has 0 heterocycles. The molecule has 0 rings (SSSR count). The Morgan fingerprint density at radius 1 is 0.257 bits per heavy atom. The first-order valence-corrected chi connectivity index (χ1v) is 47.4. The molecule has 0 aromatic heterocycles. The molecule has 0 spiro atoms. The smallest absolute Gasteiger partial charge is 0.463 e. The highest BCUT2D eigenvalue weighted by molar-refractivity contribution is 7.47. The molecule has 0 aliphatic rings. The fraction of sp³-hybridized carbons (Fsp3) is 0.674. The van der Waals surface area contributed by atoms with E-state index in [0.717, 1.165) is 161 Å². The fourth-order valence-corrected chi connectivity index (χ4v) is 13.3. The standard InChI is InChI=1S/C95H160O16P2/c1-4-7-10-13-16-19-22-25-28-31-33-35-37-39-40-41-42-43-44-45-46-47-48-50-52-53-55-58-60-63-66-69-72-75-78-81-93(98)105-84-90(96)85-107-112(101,102)108-86-91(97)87-109-113(103,104)110-89-92(111-95(100)83-80-77-74-71-68-65-62-57-30-27-24-21-18-15-12-9-6-3)88-106-94(99)82-79-76-73-70-67-64-61-59-56-54-51-49-38-36-34-32-29-26-23-20-17-14-11-8-5-2/h7,9-10,12,16-21,25-30,33-36,39-40,42-43,49,51,62,65,90-92,96-97H,4-6,8,11,13-15,22-24,31-32,37-38,41,44-48,50,52-61,63-64,66-89H2,1-3H3,(H,101,102)(H,103,104)/b10-7-,12-9-,19-16-,20-17-,21-18-,28-25-,29-26-,30-27-,35-33-,36-34-,40-39-,43-42-,51-49-,65-62-. The summed E-state index contributed by atoms with van der Waals surface area (Å²) in [7, 11) is -9.82. The molecule has 0 saturated carbocycles. The van der Waals surface area contributed by atoms with Crippen LogP contribution in [0.3, 0.4) is 0 Å². The molecule has 4 N–H and O–H groups in total. The number of phosphoric acid groups is 2. The molecule has 18 heteroatoms. The average Bonchev–Trinajstić information content (AvgIpc) is 0.886. The summed E-state index contributed by atoms with van der Waals surface area (Å²) in [6.45, 7) is 2.41. The maximum atomic E-state index is 13.0. The molecule has 5 unspecified atom stereocenters. The second kappa shape index (κ2) is 86.3. The van der Waals surface area contributed by atoms with Crippen molar-refractivity contribution in [3.05, 3.63) is 170 Å². The van der Waals surface area contributed by atoms with Gasteiger partial charge in [-0.1, -0.05) is 351 Å². The largest absolute Gasteiger partial charge is 0.472 e. The Morgan fingerprint density at radius 3 is 0.743 bits per heavy atom. The summed E-state index contributed by atoms with van der Waals surface area (Å²) in [5, 5.41) is 20.7. The number of ether oxygens (including phenoxy) is 3. The quantitative estimate of drug-likeness (QED) is 0.0146. The molecule has 0 saturated heterocycles. The molecule has 5 atom stereocenters. The Kier molecular flexibility index (Phi) is 82.4. The Balaban J connectivity index is 4.50. The van der Waals surface area contributed by atoms with Gasteiger partial charge >= 0.3 is 33.6 Å². The Morgan fingerprint density at radius 2 is 0.469 bits per heavy atom. The SMILES string of the molecule is CC/C=C\C/C=C\C/C=C\C/C=C\C/C=C\C/C=C\CCCCCCCCCCCCCCCCCCC(=O)OCC(O)COP(=O)(O)OCC(O)COP(=O)(O)OCC(COC(=O)CCCCCCCCCCC/C=C\C/C=C\C/C=C\C/C=C\CCCCC)OC(=O)CCCCCC/C=C\C/C=C\C/C=C\C/C=C\CC. The number of phosphoric ester groups is 2. The van der Waals surface area contributed by atoms with Crippen LogP contribution in [0.15, 0.2) is 170 Å². The first-order valence-electron chi connectivity index (χ1n) is 44.4. The second-order valence-electron chi connectivity index (χ2n) is 29.3. The highest BCUT2D eigenvalue weighted by atomic mass is 31.2. The van der Waals surface area contributed by atoms with Crippen LogP contribution in [0.1, 0.15) is 355 Å². The number of hydrogen-bond donors (Lipinski definition) is 4. The number of carbonyl (C=O) groups is 3. The zero-order valence-corrected chi connectivity index (χ0v) is 72.8. The van der Waals surface area contributed by atoms with Crippen molar-refractivity contribution in [2.75, 3.05) is 39.6 Å². The van der Waals surface area contributed by atoms with Gasteiger partial charge in [0.15, 0.2) is 6.10 Å². The van der Waals surface area contributed by atoms with Crippen molar-refractivity contribution >= 4 is 33.6 Å². The molecule has 16 nitrogen and oxygen atoms in total. The number of rotatable bonds is 83. The molecule has 113 heavy (non-hydrogen) atoms. The predicted molar refractivity (Wildman–Crippen MR) is 472 cm³/mol. The molecule has 0 aromatic carbocycles. The van der Waals surface area contributed by atoms with Crippen LogP contribution in [-0.4, -0.2) is 95.9 Å². The van der Waals surface area contributed by atoms with Crippen molar-refractivity contribution in [2.45, 2.75) is 373 Å². The summed E-state index contributed by atoms with van der Waals surface area (Å²) >= 11 is 0. The van der Waals surface area contributed by atoms with Crippen LogP contribution in [0, 0.1) is 0 Å². The topological polar surface area (TPSA) is 231 Å². The average molecular weight is 1620 g/mol. The molecule has 0 amide bonds. The normalized spacial score (nSPS) is 14.6. The number of hydrogen-bond acceptors (Lipinski definition) is 14. The Bertz CT molecular complexity index is 2730. The van der Waals surface area contributed by atoms with Crippen molar-refractivity contribution in [3.63, 3.8) is 0 Å². The summed E-state index contributed by atoms with van der Waals surface area (Å²) in [6.07, 6.45) is 111. The zero-order valence-electron chi connectivity index (χ0n) is 71.0. The van der Waals surface area contributed by atoms with Crippen molar-refractivity contribution in [2.24, 2.45) is 0 Å². The van der Waals surface area contributed by atoms with Gasteiger partial charge in [-0.2, -0.15) is 0 Å². The van der Waals surface area contributed by atoms with Gasteiger partial charge < -0.3 is 34.2 Å². The number of unbranched alkanes of at least 4 members (excludes halogenated alkanes) is 32. The van der Waals surface area contributed by atoms with Crippen molar-refractivity contribution in [3.8, 4) is 0 Å². The van der Waals surface area contributed by atoms with E-state index >= 15 is 0 Å². The number of allylic oxidation sites excluding steroid dienone is 28. The van der Waals surface area contributed by atoms with Gasteiger partial charge in [0.2, 0.25) is 0 Å². The van der Waals surface area contributed by atoms with Gasteiger partial charge in [-0.05, 0) is 154 Å². The highest BCUT2D eigenvalue weighted by Crippen LogP contribution is 2.45. The molecular formula is C95H160O16P2. The van der Waals surface area contributed by atoms with E-state index in [4.69, 9.17) is 32.3 Å². The summed E-state index contributed by atoms with van der Waals surface area (Å²) < 4.78 is 61.3. The van der Waals surface area contributed by atoms with Crippen LogP contribution in [-0.2, 0) is 55.8 Å². The van der Waals surface area contributed by atoms with E-state index in [0.29, 0.717) is 19.3 Å². The predicted octanol–water partition coefficient (Wildman–Crippen LogP) is 27.1. The molecule has 0 aliphatic carbocycles. The Hall–Kier alpha value is -5.09. The first-order chi connectivity index (χ1) is 55.2. The van der Waals surface area contributed by atoms with Gasteiger partial charge in [0.25, 0.3) is 0 Å². The maximum Gasteiger partial charge on any atom is 0.472 e. The molecule has 0 radical (unpaired) electrons. The van der Waals surface area contributed by atoms with Crippen molar-refractivity contribution < 1.29 is 75.8 Å². The highest BCUT2D eigenvalue weighted by Gasteiger charge is 2.29. The summed E-state index contributed by atoms with van der Waals surface area (Å²) in [5.74, 6) is -1.61. The summed E-state index contributed by atoms with van der Waals surface area (Å²) in [6, 6.07) is 0. The second-order valence-corrected chi connectivity index (χ2v) is 32.2. The molecule has 0 bridgehead atoms. The molecule has 0 fully saturated rings. The fourth-order valence-electron chi connectivity index (χ4n) is 11.7. The lowest BCUT2D eigenvalue weighted by Crippen LogP contribution is -2.30. The third kappa shape index (κ3) is 87.6. The van der Waals surface area contributed by atoms with Crippen LogP contribution in [0.25, 0.3) is 0 Å². The number of aliphatic hydroxyl groups excluding tert-OH is 2. The van der Waals surface area contributed by atoms with Gasteiger partial charge in [0.05, 0.1) is 26.4 Å². The van der Waals surface area contributed by atoms with Crippen molar-refractivity contribution in [1.29, 1.82) is 0 Å². The lowest BCUT2D eigenvalue weighted by molar-refractivity contribution is -0.161. The molecule has 646 valence electrons. The van der Waals surface area contributed by atoms with Gasteiger partial charge in [-0.3, -0.25) is 32.5 Å². The minimum Gasteiger partial charge on any atom is -0.463 e. The Labute approximate surface area is 688 Å². The minimum absolute atomic E-state index is 0.0712. The lowest BCUT2D eigenvalue weighted by atomic mass is 10.0. The van der Waals surface area contributed by atoms with Crippen LogP contribution in [0.5, 0.6) is 0 Å². The van der Waals surface area contributed by atoms with E-state index in [1.54, 1.807) is 0 Å². The van der Waals surface area contributed by atoms with Crippen LogP contribution >= 0.6 is 15.6 Å². The first kappa shape index (κ1) is 108. The molecule has 0 aromatic rings. The van der Waals surface area contributed by atoms with E-state index in [2.05, 4.69) is 191 Å². The van der Waals surface area contributed by atoms with Crippen LogP contribution in [0.2, 0.25) is 0 Å². The van der Waals surface area contributed by atoms with Gasteiger partial charge in [0, 0.05) is 19.3 Å². The van der Waals surface area contributed by atoms with Gasteiger partial charge in [-0.15, -0.1) is 0 Å². The van der Waals surface area contributed by atoms with Gasteiger partial charge in [-0.25, -0.2) is 9.13 Å². The number of esters is 3. The van der Waals surface area contributed by atoms with E-state index in [1.165, 1.54) is 135 Å². The van der Waals surface area contributed by atoms with Crippen molar-refractivity contribution in [1.82, 2.24) is 0 Å². The monoisotopic (exact) mass is 1620 g/mol. The zero-order chi connectivity index (χ0) is 82.2. The number of aliphatic hydroxyl groups is 2. The third-order valence-corrected chi connectivity index (χ3v) is 20.3. The lowest BCUT2D eigenvalue weighted by Gasteiger charge is -2.21. The minimum atomic E-state index is -4.95. The molecular weight excluding hydrogens is 1460 g/mol. The number of carbonyl (C=O) groups excluding carboxylic acids is 3. The van der Waals surface area contributed by atoms with E-state index < -0.39 is 91.5 Å². The van der Waals surface area contributed by atoms with Crippen LogP contribution in [0.4, 0.5) is 0 Å².